The molecule has 0 spiro atoms. The zero-order valence-corrected chi connectivity index (χ0v) is 14.9. The van der Waals surface area contributed by atoms with Crippen molar-refractivity contribution in [3.63, 3.8) is 0 Å². The summed E-state index contributed by atoms with van der Waals surface area (Å²) in [5, 5.41) is 40.9. The third kappa shape index (κ3) is 6.73. The van der Waals surface area contributed by atoms with Crippen molar-refractivity contribution in [2.45, 2.75) is 50.2 Å². The highest BCUT2D eigenvalue weighted by atomic mass is 16.7. The van der Waals surface area contributed by atoms with E-state index in [1.54, 1.807) is 0 Å². The molecular formula is C18H27NO8. The number of rotatable bonds is 9. The highest BCUT2D eigenvalue weighted by molar-refractivity contribution is 5.67. The molecule has 9 nitrogen and oxygen atoms in total. The zero-order valence-electron chi connectivity index (χ0n) is 14.9. The summed E-state index contributed by atoms with van der Waals surface area (Å²) in [6.45, 7) is 0.307. The van der Waals surface area contributed by atoms with E-state index in [0.717, 1.165) is 5.56 Å². The van der Waals surface area contributed by atoms with Gasteiger partial charge in [0.2, 0.25) is 0 Å². The smallest absolute Gasteiger partial charge is 0.407 e. The Labute approximate surface area is 157 Å². The van der Waals surface area contributed by atoms with Gasteiger partial charge < -0.3 is 40.0 Å². The minimum atomic E-state index is -1.46. The fourth-order valence-corrected chi connectivity index (χ4v) is 2.60. The Morgan fingerprint density at radius 3 is 2.52 bits per heavy atom. The van der Waals surface area contributed by atoms with Gasteiger partial charge in [-0.3, -0.25) is 0 Å². The molecule has 1 saturated heterocycles. The molecule has 5 N–H and O–H groups in total. The van der Waals surface area contributed by atoms with Crippen LogP contribution in [0.5, 0.6) is 0 Å². The molecular weight excluding hydrogens is 358 g/mol. The van der Waals surface area contributed by atoms with E-state index in [0.29, 0.717) is 19.4 Å². The highest BCUT2D eigenvalue weighted by Crippen LogP contribution is 2.22. The molecule has 27 heavy (non-hydrogen) atoms. The van der Waals surface area contributed by atoms with Crippen molar-refractivity contribution in [3.05, 3.63) is 35.9 Å². The van der Waals surface area contributed by atoms with Gasteiger partial charge in [0.05, 0.1) is 6.61 Å². The molecule has 1 fully saturated rings. The van der Waals surface area contributed by atoms with Gasteiger partial charge in [-0.05, 0) is 18.4 Å². The van der Waals surface area contributed by atoms with Crippen molar-refractivity contribution in [2.75, 3.05) is 19.8 Å². The minimum absolute atomic E-state index is 0.201. The number of carbonyl (C=O) groups is 1. The second kappa shape index (κ2) is 11.2. The maximum atomic E-state index is 11.6. The van der Waals surface area contributed by atoms with Crippen LogP contribution in [0.3, 0.4) is 0 Å². The van der Waals surface area contributed by atoms with Gasteiger partial charge in [0, 0.05) is 13.2 Å². The number of amides is 1. The Morgan fingerprint density at radius 1 is 1.07 bits per heavy atom. The van der Waals surface area contributed by atoms with E-state index < -0.39 is 43.4 Å². The lowest BCUT2D eigenvalue weighted by atomic mass is 9.99. The molecule has 0 bridgehead atoms. The number of hydrogen-bond donors (Lipinski definition) is 5. The molecule has 1 aromatic rings. The second-order valence-electron chi connectivity index (χ2n) is 6.26. The maximum absolute atomic E-state index is 11.6. The average molecular weight is 385 g/mol. The number of benzene rings is 1. The van der Waals surface area contributed by atoms with Crippen molar-refractivity contribution in [1.29, 1.82) is 0 Å². The number of alkyl carbamates (subject to hydrolysis) is 1. The SMILES string of the molecule is O=C(NCCCCO[C@H]1O[C@H](CO)[C@H](O)[C@H](O)[C@H]1O)OCc1ccccc1. The molecule has 152 valence electrons. The van der Waals surface area contributed by atoms with Gasteiger partial charge in [-0.2, -0.15) is 0 Å². The summed E-state index contributed by atoms with van der Waals surface area (Å²) in [5.74, 6) is 0. The summed E-state index contributed by atoms with van der Waals surface area (Å²) in [4.78, 5) is 11.6. The Balaban J connectivity index is 1.55. The average Bonchev–Trinajstić information content (AvgIpc) is 2.69. The molecule has 1 amide bonds. The van der Waals surface area contributed by atoms with Crippen LogP contribution in [0.25, 0.3) is 0 Å². The maximum Gasteiger partial charge on any atom is 0.407 e. The molecule has 0 aliphatic carbocycles. The number of unbranched alkanes of at least 4 members (excludes halogenated alkanes) is 1. The Kier molecular flexibility index (Phi) is 8.92. The number of aliphatic hydroxyl groups is 4. The largest absolute Gasteiger partial charge is 0.445 e. The van der Waals surface area contributed by atoms with E-state index in [1.165, 1.54) is 0 Å². The van der Waals surface area contributed by atoms with E-state index in [-0.39, 0.29) is 13.2 Å². The predicted octanol–water partition coefficient (Wildman–Crippen LogP) is -0.490. The van der Waals surface area contributed by atoms with E-state index in [9.17, 15) is 20.1 Å². The van der Waals surface area contributed by atoms with Crippen LogP contribution in [-0.2, 0) is 20.8 Å². The minimum Gasteiger partial charge on any atom is -0.445 e. The summed E-state index contributed by atoms with van der Waals surface area (Å²) in [5.41, 5.74) is 0.903. The van der Waals surface area contributed by atoms with Gasteiger partial charge in [0.25, 0.3) is 0 Å². The van der Waals surface area contributed by atoms with Crippen LogP contribution in [0.15, 0.2) is 30.3 Å². The van der Waals surface area contributed by atoms with Crippen LogP contribution < -0.4 is 5.32 Å². The fourth-order valence-electron chi connectivity index (χ4n) is 2.60. The first-order valence-electron chi connectivity index (χ1n) is 8.89. The molecule has 0 aromatic heterocycles. The quantitative estimate of drug-likeness (QED) is 0.359. The molecule has 0 unspecified atom stereocenters. The Bertz CT molecular complexity index is 556. The summed E-state index contributed by atoms with van der Waals surface area (Å²) < 4.78 is 15.7. The normalized spacial score (nSPS) is 27.9. The Morgan fingerprint density at radius 2 is 1.81 bits per heavy atom. The Hall–Kier alpha value is -1.75. The fraction of sp³-hybridized carbons (Fsp3) is 0.611. The predicted molar refractivity (Wildman–Crippen MR) is 93.6 cm³/mol. The molecule has 1 heterocycles. The molecule has 1 aliphatic heterocycles. The summed E-state index contributed by atoms with van der Waals surface area (Å²) >= 11 is 0. The van der Waals surface area contributed by atoms with E-state index in [4.69, 9.17) is 19.3 Å². The molecule has 1 aliphatic rings. The van der Waals surface area contributed by atoms with Crippen LogP contribution in [0, 0.1) is 0 Å². The first-order valence-corrected chi connectivity index (χ1v) is 8.89. The van der Waals surface area contributed by atoms with Crippen molar-refractivity contribution in [3.8, 4) is 0 Å². The zero-order chi connectivity index (χ0) is 19.6. The van der Waals surface area contributed by atoms with Crippen molar-refractivity contribution >= 4 is 6.09 Å². The van der Waals surface area contributed by atoms with Gasteiger partial charge in [-0.25, -0.2) is 4.79 Å². The lowest BCUT2D eigenvalue weighted by Crippen LogP contribution is -2.59. The number of hydrogen-bond acceptors (Lipinski definition) is 8. The summed E-state index contributed by atoms with van der Waals surface area (Å²) in [6.07, 6.45) is -5.73. The van der Waals surface area contributed by atoms with Crippen LogP contribution in [0.4, 0.5) is 4.79 Å². The molecule has 0 radical (unpaired) electrons. The lowest BCUT2D eigenvalue weighted by molar-refractivity contribution is -0.301. The van der Waals surface area contributed by atoms with Crippen LogP contribution in [0.2, 0.25) is 0 Å². The van der Waals surface area contributed by atoms with Crippen LogP contribution >= 0.6 is 0 Å². The molecule has 1 aromatic carbocycles. The van der Waals surface area contributed by atoms with E-state index in [1.807, 2.05) is 30.3 Å². The lowest BCUT2D eigenvalue weighted by Gasteiger charge is -2.39. The number of carbonyl (C=O) groups excluding carboxylic acids is 1. The topological polar surface area (TPSA) is 138 Å². The van der Waals surface area contributed by atoms with Gasteiger partial charge in [0.15, 0.2) is 6.29 Å². The number of ether oxygens (including phenoxy) is 3. The van der Waals surface area contributed by atoms with Crippen molar-refractivity contribution < 1.29 is 39.4 Å². The van der Waals surface area contributed by atoms with Crippen molar-refractivity contribution in [1.82, 2.24) is 5.32 Å². The van der Waals surface area contributed by atoms with Crippen LogP contribution in [-0.4, -0.2) is 77.0 Å². The van der Waals surface area contributed by atoms with E-state index in [2.05, 4.69) is 5.32 Å². The summed E-state index contributed by atoms with van der Waals surface area (Å²) in [6, 6.07) is 9.35. The summed E-state index contributed by atoms with van der Waals surface area (Å²) in [7, 11) is 0. The first-order chi connectivity index (χ1) is 13.0. The van der Waals surface area contributed by atoms with E-state index >= 15 is 0 Å². The monoisotopic (exact) mass is 385 g/mol. The highest BCUT2D eigenvalue weighted by Gasteiger charge is 2.43. The number of aliphatic hydroxyl groups excluding tert-OH is 4. The second-order valence-corrected chi connectivity index (χ2v) is 6.26. The molecule has 0 saturated carbocycles. The molecule has 2 rings (SSSR count). The van der Waals surface area contributed by atoms with Crippen molar-refractivity contribution in [2.24, 2.45) is 0 Å². The van der Waals surface area contributed by atoms with Gasteiger partial charge in [-0.1, -0.05) is 30.3 Å². The van der Waals surface area contributed by atoms with Gasteiger partial charge >= 0.3 is 6.09 Å². The van der Waals surface area contributed by atoms with Gasteiger partial charge in [0.1, 0.15) is 31.0 Å². The first kappa shape index (κ1) is 21.5. The number of nitrogens with one attached hydrogen (secondary N) is 1. The molecule has 9 heteroatoms. The van der Waals surface area contributed by atoms with Gasteiger partial charge in [-0.15, -0.1) is 0 Å². The molecule has 5 atom stereocenters. The standard InChI is InChI=1S/C18H27NO8/c20-10-13-14(21)15(22)16(23)17(27-13)25-9-5-4-8-19-18(24)26-11-12-6-2-1-3-7-12/h1-3,6-7,13-17,20-23H,4-5,8-11H2,(H,19,24)/t13-,14+,15+,16-,17+/m1/s1. The third-order valence-electron chi connectivity index (χ3n) is 4.18. The third-order valence-corrected chi connectivity index (χ3v) is 4.18. The van der Waals surface area contributed by atoms with Crippen LogP contribution in [0.1, 0.15) is 18.4 Å².